The van der Waals surface area contributed by atoms with Crippen LogP contribution in [-0.2, 0) is 16.1 Å². The molecule has 0 aliphatic carbocycles. The number of carbonyl (C=O) groups is 2. The van der Waals surface area contributed by atoms with Gasteiger partial charge in [0.2, 0.25) is 5.91 Å². The quantitative estimate of drug-likeness (QED) is 0.475. The van der Waals surface area contributed by atoms with Gasteiger partial charge < -0.3 is 15.0 Å². The SMILES string of the molecule is CCCCNC(=O)C(C)N(Cc1ccc(Cl)cc1Cl)C(=O)COc1ccccc1Cl. The maximum Gasteiger partial charge on any atom is 0.261 e. The van der Waals surface area contributed by atoms with E-state index in [0.29, 0.717) is 32.9 Å². The highest BCUT2D eigenvalue weighted by atomic mass is 35.5. The van der Waals surface area contributed by atoms with Gasteiger partial charge in [0.05, 0.1) is 5.02 Å². The zero-order valence-electron chi connectivity index (χ0n) is 17.0. The molecule has 2 amide bonds. The van der Waals surface area contributed by atoms with Crippen LogP contribution in [0.5, 0.6) is 5.75 Å². The van der Waals surface area contributed by atoms with E-state index < -0.39 is 6.04 Å². The van der Waals surface area contributed by atoms with Gasteiger partial charge >= 0.3 is 0 Å². The number of amides is 2. The number of ether oxygens (including phenoxy) is 1. The first-order valence-electron chi connectivity index (χ1n) is 9.72. The van der Waals surface area contributed by atoms with Gasteiger partial charge in [0.25, 0.3) is 5.91 Å². The molecule has 2 aromatic rings. The van der Waals surface area contributed by atoms with Gasteiger partial charge in [-0.15, -0.1) is 0 Å². The van der Waals surface area contributed by atoms with Gasteiger partial charge in [-0.05, 0) is 43.2 Å². The summed E-state index contributed by atoms with van der Waals surface area (Å²) in [7, 11) is 0. The number of benzene rings is 2. The number of halogens is 3. The molecule has 0 radical (unpaired) electrons. The van der Waals surface area contributed by atoms with Gasteiger partial charge in [-0.3, -0.25) is 9.59 Å². The maximum atomic E-state index is 13.0. The Hall–Kier alpha value is -1.95. The highest BCUT2D eigenvalue weighted by Crippen LogP contribution is 2.25. The van der Waals surface area contributed by atoms with Crippen molar-refractivity contribution in [2.45, 2.75) is 39.3 Å². The molecule has 2 aromatic carbocycles. The minimum absolute atomic E-state index is 0.142. The summed E-state index contributed by atoms with van der Waals surface area (Å²) in [4.78, 5) is 27.0. The van der Waals surface area contributed by atoms with Crippen molar-refractivity contribution in [2.75, 3.05) is 13.2 Å². The highest BCUT2D eigenvalue weighted by molar-refractivity contribution is 6.35. The normalized spacial score (nSPS) is 11.6. The second-order valence-corrected chi connectivity index (χ2v) is 8.05. The fourth-order valence-electron chi connectivity index (χ4n) is 2.74. The molecule has 0 saturated heterocycles. The molecule has 0 aliphatic heterocycles. The van der Waals surface area contributed by atoms with E-state index in [9.17, 15) is 9.59 Å². The zero-order chi connectivity index (χ0) is 22.1. The van der Waals surface area contributed by atoms with E-state index in [2.05, 4.69) is 5.32 Å². The molecular formula is C22H25Cl3N2O3. The summed E-state index contributed by atoms with van der Waals surface area (Å²) in [5, 5.41) is 4.18. The first-order valence-corrected chi connectivity index (χ1v) is 10.8. The summed E-state index contributed by atoms with van der Waals surface area (Å²) >= 11 is 18.4. The number of para-hydroxylation sites is 1. The summed E-state index contributed by atoms with van der Waals surface area (Å²) < 4.78 is 5.59. The Morgan fingerprint density at radius 3 is 2.50 bits per heavy atom. The molecule has 0 fully saturated rings. The van der Waals surface area contributed by atoms with Crippen LogP contribution >= 0.6 is 34.8 Å². The van der Waals surface area contributed by atoms with Gasteiger partial charge in [0, 0.05) is 23.1 Å². The van der Waals surface area contributed by atoms with Crippen molar-refractivity contribution < 1.29 is 14.3 Å². The van der Waals surface area contributed by atoms with Crippen LogP contribution < -0.4 is 10.1 Å². The van der Waals surface area contributed by atoms with Crippen LogP contribution in [0.4, 0.5) is 0 Å². The molecule has 162 valence electrons. The van der Waals surface area contributed by atoms with Crippen LogP contribution in [0.25, 0.3) is 0 Å². The van der Waals surface area contributed by atoms with Crippen LogP contribution in [0.2, 0.25) is 15.1 Å². The number of nitrogens with zero attached hydrogens (tertiary/aromatic N) is 1. The predicted molar refractivity (Wildman–Crippen MR) is 121 cm³/mol. The van der Waals surface area contributed by atoms with E-state index in [1.54, 1.807) is 49.4 Å². The fraction of sp³-hybridized carbons (Fsp3) is 0.364. The molecule has 5 nitrogen and oxygen atoms in total. The molecule has 30 heavy (non-hydrogen) atoms. The Kier molecular flexibility index (Phi) is 9.76. The van der Waals surface area contributed by atoms with Crippen LogP contribution in [-0.4, -0.2) is 35.9 Å². The molecule has 0 heterocycles. The van der Waals surface area contributed by atoms with Crippen LogP contribution in [0.15, 0.2) is 42.5 Å². The third-order valence-corrected chi connectivity index (χ3v) is 5.44. The lowest BCUT2D eigenvalue weighted by atomic mass is 10.1. The molecule has 1 unspecified atom stereocenters. The molecule has 8 heteroatoms. The Morgan fingerprint density at radius 1 is 1.10 bits per heavy atom. The van der Waals surface area contributed by atoms with Crippen LogP contribution in [0.3, 0.4) is 0 Å². The third kappa shape index (κ3) is 7.08. The van der Waals surface area contributed by atoms with Crippen LogP contribution in [0.1, 0.15) is 32.3 Å². The van der Waals surface area contributed by atoms with Gasteiger partial charge in [0.1, 0.15) is 11.8 Å². The van der Waals surface area contributed by atoms with Crippen LogP contribution in [0, 0.1) is 0 Å². The summed E-state index contributed by atoms with van der Waals surface area (Å²) in [6, 6.07) is 11.2. The largest absolute Gasteiger partial charge is 0.482 e. The number of hydrogen-bond acceptors (Lipinski definition) is 3. The number of rotatable bonds is 10. The topological polar surface area (TPSA) is 58.6 Å². The lowest BCUT2D eigenvalue weighted by Gasteiger charge is -2.29. The summed E-state index contributed by atoms with van der Waals surface area (Å²) in [5.41, 5.74) is 0.681. The molecular weight excluding hydrogens is 447 g/mol. The smallest absolute Gasteiger partial charge is 0.261 e. The number of carbonyl (C=O) groups excluding carboxylic acids is 2. The van der Waals surface area contributed by atoms with Crippen molar-refractivity contribution in [1.82, 2.24) is 10.2 Å². The Bertz CT molecular complexity index is 876. The van der Waals surface area contributed by atoms with E-state index in [1.807, 2.05) is 6.92 Å². The van der Waals surface area contributed by atoms with Gasteiger partial charge in [-0.25, -0.2) is 0 Å². The Morgan fingerprint density at radius 2 is 1.83 bits per heavy atom. The molecule has 1 N–H and O–H groups in total. The molecule has 1 atom stereocenters. The van der Waals surface area contributed by atoms with Gasteiger partial charge in [0.15, 0.2) is 6.61 Å². The van der Waals surface area contributed by atoms with Crippen molar-refractivity contribution in [3.8, 4) is 5.75 Å². The number of nitrogens with one attached hydrogen (secondary N) is 1. The van der Waals surface area contributed by atoms with E-state index in [1.165, 1.54) is 4.90 Å². The highest BCUT2D eigenvalue weighted by Gasteiger charge is 2.27. The predicted octanol–water partition coefficient (Wildman–Crippen LogP) is 5.36. The monoisotopic (exact) mass is 470 g/mol. The minimum Gasteiger partial charge on any atom is -0.482 e. The third-order valence-electron chi connectivity index (χ3n) is 4.54. The molecule has 0 spiro atoms. The Balaban J connectivity index is 2.17. The summed E-state index contributed by atoms with van der Waals surface area (Å²) in [5.74, 6) is -0.198. The maximum absolute atomic E-state index is 13.0. The average Bonchev–Trinajstić information content (AvgIpc) is 2.72. The minimum atomic E-state index is -0.712. The lowest BCUT2D eigenvalue weighted by Crippen LogP contribution is -2.49. The number of hydrogen-bond donors (Lipinski definition) is 1. The van der Waals surface area contributed by atoms with Crippen molar-refractivity contribution in [3.05, 3.63) is 63.1 Å². The van der Waals surface area contributed by atoms with Crippen molar-refractivity contribution in [3.63, 3.8) is 0 Å². The molecule has 0 aliphatic rings. The molecule has 0 bridgehead atoms. The first-order chi connectivity index (χ1) is 14.3. The van der Waals surface area contributed by atoms with E-state index >= 15 is 0 Å². The summed E-state index contributed by atoms with van der Waals surface area (Å²) in [6.45, 7) is 4.16. The lowest BCUT2D eigenvalue weighted by molar-refractivity contribution is -0.142. The molecule has 0 saturated carbocycles. The first kappa shape index (κ1) is 24.3. The van der Waals surface area contributed by atoms with Gasteiger partial charge in [-0.1, -0.05) is 66.3 Å². The Labute approximate surface area is 192 Å². The van der Waals surface area contributed by atoms with Crippen molar-refractivity contribution in [2.24, 2.45) is 0 Å². The van der Waals surface area contributed by atoms with Gasteiger partial charge in [-0.2, -0.15) is 0 Å². The fourth-order valence-corrected chi connectivity index (χ4v) is 3.39. The zero-order valence-corrected chi connectivity index (χ0v) is 19.2. The van der Waals surface area contributed by atoms with Crippen molar-refractivity contribution in [1.29, 1.82) is 0 Å². The van der Waals surface area contributed by atoms with E-state index in [-0.39, 0.29) is 25.0 Å². The second-order valence-electron chi connectivity index (χ2n) is 6.80. The standard InChI is InChI=1S/C22H25Cl3N2O3/c1-3-4-11-26-22(29)15(2)27(13-16-9-10-17(23)12-19(16)25)21(28)14-30-20-8-6-5-7-18(20)24/h5-10,12,15H,3-4,11,13-14H2,1-2H3,(H,26,29). The molecule has 0 aromatic heterocycles. The summed E-state index contributed by atoms with van der Waals surface area (Å²) in [6.07, 6.45) is 1.83. The average molecular weight is 472 g/mol. The van der Waals surface area contributed by atoms with E-state index in [0.717, 1.165) is 12.8 Å². The second kappa shape index (κ2) is 12.0. The van der Waals surface area contributed by atoms with Crippen molar-refractivity contribution >= 4 is 46.6 Å². The van der Waals surface area contributed by atoms with E-state index in [4.69, 9.17) is 39.5 Å². The number of unbranched alkanes of at least 4 members (excludes halogenated alkanes) is 1. The molecule has 2 rings (SSSR count).